The Morgan fingerprint density at radius 1 is 0.875 bits per heavy atom. The maximum atomic E-state index is 13.2. The third-order valence-electron chi connectivity index (χ3n) is 6.62. The summed E-state index contributed by atoms with van der Waals surface area (Å²) < 4.78 is 11.0. The topological polar surface area (TPSA) is 92.1 Å². The number of piperazine rings is 1. The second-order valence-corrected chi connectivity index (χ2v) is 9.66. The quantitative estimate of drug-likeness (QED) is 0.281. The lowest BCUT2D eigenvalue weighted by Gasteiger charge is -2.37. The molecule has 0 atom stereocenters. The van der Waals surface area contributed by atoms with E-state index in [4.69, 9.17) is 20.8 Å². The number of ether oxygens (including phenoxy) is 1. The summed E-state index contributed by atoms with van der Waals surface area (Å²) in [5.74, 6) is -0.342. The highest BCUT2D eigenvalue weighted by atomic mass is 35.5. The highest BCUT2D eigenvalue weighted by molar-refractivity contribution is 6.30. The zero-order valence-electron chi connectivity index (χ0n) is 21.9. The lowest BCUT2D eigenvalue weighted by Crippen LogP contribution is -2.49. The zero-order chi connectivity index (χ0) is 28.1. The molecule has 2 heterocycles. The third-order valence-corrected chi connectivity index (χ3v) is 6.86. The molecule has 0 saturated carbocycles. The molecule has 0 radical (unpaired) electrons. The monoisotopic (exact) mass is 557 g/mol. The number of nitrogens with one attached hydrogen (secondary N) is 1. The molecular formula is C31H28ClN3O5. The van der Waals surface area contributed by atoms with Crippen LogP contribution in [0, 0.1) is 0 Å². The van der Waals surface area contributed by atoms with Crippen molar-refractivity contribution in [2.75, 3.05) is 43.0 Å². The van der Waals surface area contributed by atoms with Crippen LogP contribution in [0.25, 0.3) is 11.3 Å². The normalized spacial score (nSPS) is 13.2. The molecule has 1 aliphatic rings. The number of furan rings is 1. The van der Waals surface area contributed by atoms with Gasteiger partial charge in [0.2, 0.25) is 0 Å². The van der Waals surface area contributed by atoms with Crippen molar-refractivity contribution < 1.29 is 23.5 Å². The van der Waals surface area contributed by atoms with E-state index >= 15 is 0 Å². The molecule has 3 aromatic carbocycles. The van der Waals surface area contributed by atoms with Gasteiger partial charge in [0.1, 0.15) is 5.76 Å². The van der Waals surface area contributed by atoms with Crippen LogP contribution in [-0.4, -0.2) is 55.5 Å². The summed E-state index contributed by atoms with van der Waals surface area (Å²) in [5.41, 5.74) is 2.89. The number of halogens is 1. The predicted molar refractivity (Wildman–Crippen MR) is 154 cm³/mol. The van der Waals surface area contributed by atoms with Crippen molar-refractivity contribution in [1.29, 1.82) is 0 Å². The number of amides is 2. The van der Waals surface area contributed by atoms with Gasteiger partial charge in [0.05, 0.1) is 23.5 Å². The Bertz CT molecular complexity index is 1530. The first-order valence-electron chi connectivity index (χ1n) is 13.0. The summed E-state index contributed by atoms with van der Waals surface area (Å²) in [5, 5.41) is 3.47. The minimum absolute atomic E-state index is 0.0141. The summed E-state index contributed by atoms with van der Waals surface area (Å²) in [6.07, 6.45) is 0. The summed E-state index contributed by atoms with van der Waals surface area (Å²) >= 11 is 6.10. The maximum Gasteiger partial charge on any atom is 0.338 e. The average molecular weight is 558 g/mol. The van der Waals surface area contributed by atoms with Gasteiger partial charge in [-0.25, -0.2) is 4.79 Å². The highest BCUT2D eigenvalue weighted by Gasteiger charge is 2.25. The molecule has 40 heavy (non-hydrogen) atoms. The molecule has 1 N–H and O–H groups in total. The molecule has 9 heteroatoms. The fourth-order valence-electron chi connectivity index (χ4n) is 4.61. The maximum absolute atomic E-state index is 13.2. The van der Waals surface area contributed by atoms with Crippen LogP contribution in [0.4, 0.5) is 11.4 Å². The van der Waals surface area contributed by atoms with Crippen molar-refractivity contribution in [1.82, 2.24) is 4.90 Å². The Morgan fingerprint density at radius 3 is 2.38 bits per heavy atom. The Balaban J connectivity index is 1.36. The van der Waals surface area contributed by atoms with Gasteiger partial charge in [-0.3, -0.25) is 9.59 Å². The molecule has 1 saturated heterocycles. The van der Waals surface area contributed by atoms with Crippen molar-refractivity contribution >= 4 is 40.8 Å². The van der Waals surface area contributed by atoms with Crippen molar-refractivity contribution in [3.8, 4) is 11.3 Å². The SMILES string of the molecule is CCOC(=O)c1ccc(N2CCN(C(=O)c3ccccc3)CC2)c(NC(=O)c2ccc(-c3cccc(Cl)c3)o2)c1. The molecular weight excluding hydrogens is 530 g/mol. The number of nitrogens with zero attached hydrogens (tertiary/aromatic N) is 2. The number of carbonyl (C=O) groups excluding carboxylic acids is 3. The average Bonchev–Trinajstić information content (AvgIpc) is 3.48. The molecule has 8 nitrogen and oxygen atoms in total. The van der Waals surface area contributed by atoms with Crippen molar-refractivity contribution in [2.24, 2.45) is 0 Å². The van der Waals surface area contributed by atoms with E-state index in [1.165, 1.54) is 0 Å². The van der Waals surface area contributed by atoms with E-state index < -0.39 is 11.9 Å². The standard InChI is InChI=1S/C31H28ClN3O5/c1-2-39-31(38)23-11-12-26(34-15-17-35(18-16-34)30(37)21-7-4-3-5-8-21)25(20-23)33-29(36)28-14-13-27(40-28)22-9-6-10-24(32)19-22/h3-14,19-20H,2,15-18H2,1H3,(H,33,36). The van der Waals surface area contributed by atoms with Crippen LogP contribution < -0.4 is 10.2 Å². The fraction of sp³-hybridized carbons (Fsp3) is 0.194. The van der Waals surface area contributed by atoms with E-state index in [9.17, 15) is 14.4 Å². The molecule has 1 aromatic heterocycles. The van der Waals surface area contributed by atoms with Crippen LogP contribution in [0.15, 0.2) is 89.3 Å². The lowest BCUT2D eigenvalue weighted by molar-refractivity contribution is 0.0526. The minimum Gasteiger partial charge on any atom is -0.462 e. The van der Waals surface area contributed by atoms with Crippen LogP contribution >= 0.6 is 11.6 Å². The fourth-order valence-corrected chi connectivity index (χ4v) is 4.80. The van der Waals surface area contributed by atoms with E-state index in [0.717, 1.165) is 11.3 Å². The number of hydrogen-bond donors (Lipinski definition) is 1. The summed E-state index contributed by atoms with van der Waals surface area (Å²) in [4.78, 5) is 42.5. The summed E-state index contributed by atoms with van der Waals surface area (Å²) in [6, 6.07) is 24.7. The molecule has 204 valence electrons. The van der Waals surface area contributed by atoms with Crippen LogP contribution in [-0.2, 0) is 4.74 Å². The lowest BCUT2D eigenvalue weighted by atomic mass is 10.1. The van der Waals surface area contributed by atoms with Gasteiger partial charge in [-0.1, -0.05) is 41.9 Å². The van der Waals surface area contributed by atoms with E-state index in [1.807, 2.05) is 41.3 Å². The number of rotatable bonds is 7. The zero-order valence-corrected chi connectivity index (χ0v) is 22.7. The number of benzene rings is 3. The van der Waals surface area contributed by atoms with Gasteiger partial charge in [0.25, 0.3) is 11.8 Å². The Hall–Kier alpha value is -4.56. The molecule has 0 spiro atoms. The van der Waals surface area contributed by atoms with Gasteiger partial charge in [0, 0.05) is 42.3 Å². The Kier molecular flexibility index (Phi) is 8.17. The van der Waals surface area contributed by atoms with Crippen LogP contribution in [0.3, 0.4) is 0 Å². The highest BCUT2D eigenvalue weighted by Crippen LogP contribution is 2.31. The molecule has 2 amide bonds. The molecule has 5 rings (SSSR count). The molecule has 0 unspecified atom stereocenters. The molecule has 1 aliphatic heterocycles. The molecule has 0 aliphatic carbocycles. The van der Waals surface area contributed by atoms with Gasteiger partial charge in [-0.05, 0) is 61.5 Å². The first-order valence-corrected chi connectivity index (χ1v) is 13.4. The van der Waals surface area contributed by atoms with Gasteiger partial charge in [0.15, 0.2) is 5.76 Å². The van der Waals surface area contributed by atoms with E-state index in [-0.39, 0.29) is 18.3 Å². The molecule has 0 bridgehead atoms. The second kappa shape index (κ2) is 12.1. The van der Waals surface area contributed by atoms with Crippen molar-refractivity contribution in [3.05, 3.63) is 107 Å². The smallest absolute Gasteiger partial charge is 0.338 e. The molecule has 1 fully saturated rings. The third kappa shape index (κ3) is 6.02. The Morgan fingerprint density at radius 2 is 1.65 bits per heavy atom. The number of anilines is 2. The first kappa shape index (κ1) is 27.0. The van der Waals surface area contributed by atoms with Crippen LogP contribution in [0.5, 0.6) is 0 Å². The molecule has 4 aromatic rings. The summed E-state index contributed by atoms with van der Waals surface area (Å²) in [7, 11) is 0. The minimum atomic E-state index is -0.482. The van der Waals surface area contributed by atoms with Crippen LogP contribution in [0.1, 0.15) is 38.2 Å². The van der Waals surface area contributed by atoms with Crippen LogP contribution in [0.2, 0.25) is 5.02 Å². The Labute approximate surface area is 237 Å². The second-order valence-electron chi connectivity index (χ2n) is 9.23. The number of esters is 1. The van der Waals surface area contributed by atoms with Gasteiger partial charge < -0.3 is 24.3 Å². The van der Waals surface area contributed by atoms with E-state index in [0.29, 0.717) is 53.8 Å². The predicted octanol–water partition coefficient (Wildman–Crippen LogP) is 5.99. The van der Waals surface area contributed by atoms with Gasteiger partial charge >= 0.3 is 5.97 Å². The van der Waals surface area contributed by atoms with E-state index in [1.54, 1.807) is 55.5 Å². The largest absolute Gasteiger partial charge is 0.462 e. The van der Waals surface area contributed by atoms with Gasteiger partial charge in [-0.15, -0.1) is 0 Å². The number of carbonyl (C=O) groups is 3. The summed E-state index contributed by atoms with van der Waals surface area (Å²) in [6.45, 7) is 4.11. The first-order chi connectivity index (χ1) is 19.4. The van der Waals surface area contributed by atoms with Crippen molar-refractivity contribution in [2.45, 2.75) is 6.92 Å². The van der Waals surface area contributed by atoms with Gasteiger partial charge in [-0.2, -0.15) is 0 Å². The number of hydrogen-bond acceptors (Lipinski definition) is 6. The van der Waals surface area contributed by atoms with E-state index in [2.05, 4.69) is 10.2 Å². The van der Waals surface area contributed by atoms with Crippen molar-refractivity contribution in [3.63, 3.8) is 0 Å².